The Balaban J connectivity index is 1.93. The lowest BCUT2D eigenvalue weighted by Crippen LogP contribution is -2.46. The summed E-state index contributed by atoms with van der Waals surface area (Å²) in [5.41, 5.74) is 1.51. The zero-order valence-corrected chi connectivity index (χ0v) is 12.1. The first kappa shape index (κ1) is 13.5. The van der Waals surface area contributed by atoms with Crippen LogP contribution in [0.4, 0.5) is 0 Å². The van der Waals surface area contributed by atoms with E-state index in [0.29, 0.717) is 17.2 Å². The first-order valence-electron chi connectivity index (χ1n) is 6.82. The molecule has 1 aliphatic carbocycles. The number of aliphatic carboxylic acids is 1. The third-order valence-corrected chi connectivity index (χ3v) is 5.42. The Kier molecular flexibility index (Phi) is 3.46. The van der Waals surface area contributed by atoms with Gasteiger partial charge in [-0.05, 0) is 37.3 Å². The molecule has 2 fully saturated rings. The fraction of sp³-hybridized carbons (Fsp3) is 0.467. The minimum Gasteiger partial charge on any atom is -0.480 e. The SMILES string of the molecule is Cc1ccccc1C(=O)N1C(C(=O)O)CSC1C1CC1. The van der Waals surface area contributed by atoms with E-state index in [1.165, 1.54) is 0 Å². The van der Waals surface area contributed by atoms with Crippen molar-refractivity contribution in [3.8, 4) is 0 Å². The van der Waals surface area contributed by atoms with Crippen LogP contribution in [0.3, 0.4) is 0 Å². The highest BCUT2D eigenvalue weighted by atomic mass is 32.2. The van der Waals surface area contributed by atoms with E-state index in [0.717, 1.165) is 18.4 Å². The normalized spacial score (nSPS) is 25.8. The molecular formula is C15H17NO3S. The van der Waals surface area contributed by atoms with Crippen molar-refractivity contribution in [1.29, 1.82) is 0 Å². The van der Waals surface area contributed by atoms with Gasteiger partial charge in [-0.15, -0.1) is 11.8 Å². The predicted octanol–water partition coefficient (Wildman–Crippen LogP) is 2.37. The second-order valence-corrected chi connectivity index (χ2v) is 6.59. The van der Waals surface area contributed by atoms with Gasteiger partial charge in [0, 0.05) is 11.3 Å². The molecule has 0 bridgehead atoms. The van der Waals surface area contributed by atoms with E-state index in [-0.39, 0.29) is 11.3 Å². The molecular weight excluding hydrogens is 274 g/mol. The monoisotopic (exact) mass is 291 g/mol. The van der Waals surface area contributed by atoms with E-state index in [2.05, 4.69) is 0 Å². The molecule has 1 saturated heterocycles. The van der Waals surface area contributed by atoms with Crippen molar-refractivity contribution in [2.75, 3.05) is 5.75 Å². The molecule has 0 aromatic heterocycles. The van der Waals surface area contributed by atoms with Gasteiger partial charge in [0.1, 0.15) is 6.04 Å². The second kappa shape index (κ2) is 5.13. The molecule has 1 saturated carbocycles. The van der Waals surface area contributed by atoms with Crippen LogP contribution in [0.25, 0.3) is 0 Å². The standard InChI is InChI=1S/C15H17NO3S/c1-9-4-2-3-5-11(9)13(17)16-12(15(18)19)8-20-14(16)10-6-7-10/h2-5,10,12,14H,6-8H2,1H3,(H,18,19). The zero-order chi connectivity index (χ0) is 14.3. The van der Waals surface area contributed by atoms with E-state index in [4.69, 9.17) is 0 Å². The van der Waals surface area contributed by atoms with E-state index >= 15 is 0 Å². The molecule has 1 N–H and O–H groups in total. The van der Waals surface area contributed by atoms with Gasteiger partial charge in [-0.1, -0.05) is 18.2 Å². The molecule has 20 heavy (non-hydrogen) atoms. The van der Waals surface area contributed by atoms with E-state index in [1.54, 1.807) is 22.7 Å². The number of carboxylic acid groups (broad SMARTS) is 1. The topological polar surface area (TPSA) is 57.6 Å². The number of rotatable bonds is 3. The van der Waals surface area contributed by atoms with Gasteiger partial charge in [-0.25, -0.2) is 4.79 Å². The summed E-state index contributed by atoms with van der Waals surface area (Å²) in [7, 11) is 0. The number of carbonyl (C=O) groups is 2. The van der Waals surface area contributed by atoms with Gasteiger partial charge < -0.3 is 10.0 Å². The van der Waals surface area contributed by atoms with Crippen molar-refractivity contribution < 1.29 is 14.7 Å². The van der Waals surface area contributed by atoms with Crippen LogP contribution >= 0.6 is 11.8 Å². The molecule has 1 amide bonds. The van der Waals surface area contributed by atoms with Gasteiger partial charge in [0.15, 0.2) is 0 Å². The molecule has 3 rings (SSSR count). The maximum Gasteiger partial charge on any atom is 0.327 e. The lowest BCUT2D eigenvalue weighted by Gasteiger charge is -2.28. The van der Waals surface area contributed by atoms with Gasteiger partial charge in [0.25, 0.3) is 5.91 Å². The maximum atomic E-state index is 12.8. The Morgan fingerprint density at radius 3 is 2.60 bits per heavy atom. The van der Waals surface area contributed by atoms with Crippen LogP contribution in [0.15, 0.2) is 24.3 Å². The largest absolute Gasteiger partial charge is 0.480 e. The van der Waals surface area contributed by atoms with Crippen LogP contribution in [0, 0.1) is 12.8 Å². The third kappa shape index (κ3) is 2.30. The van der Waals surface area contributed by atoms with Gasteiger partial charge in [0.2, 0.25) is 0 Å². The average Bonchev–Trinajstić information content (AvgIpc) is 3.17. The predicted molar refractivity (Wildman–Crippen MR) is 77.7 cm³/mol. The molecule has 2 atom stereocenters. The molecule has 1 aromatic carbocycles. The Morgan fingerprint density at radius 1 is 1.30 bits per heavy atom. The summed E-state index contributed by atoms with van der Waals surface area (Å²) in [5, 5.41) is 9.39. The number of benzene rings is 1. The van der Waals surface area contributed by atoms with E-state index in [9.17, 15) is 14.7 Å². The second-order valence-electron chi connectivity index (χ2n) is 5.44. The zero-order valence-electron chi connectivity index (χ0n) is 11.3. The van der Waals surface area contributed by atoms with Crippen LogP contribution in [0.1, 0.15) is 28.8 Å². The summed E-state index contributed by atoms with van der Waals surface area (Å²) in [6, 6.07) is 6.68. The summed E-state index contributed by atoms with van der Waals surface area (Å²) in [5.74, 6) is -0.0778. The van der Waals surface area contributed by atoms with Crippen LogP contribution in [0.5, 0.6) is 0 Å². The van der Waals surface area contributed by atoms with Crippen molar-refractivity contribution in [2.45, 2.75) is 31.2 Å². The first-order chi connectivity index (χ1) is 9.59. The van der Waals surface area contributed by atoms with Gasteiger partial charge in [-0.2, -0.15) is 0 Å². The Bertz CT molecular complexity index is 556. The summed E-state index contributed by atoms with van der Waals surface area (Å²) in [4.78, 5) is 25.8. The van der Waals surface area contributed by atoms with E-state index in [1.807, 2.05) is 25.1 Å². The summed E-state index contributed by atoms with van der Waals surface area (Å²) >= 11 is 1.61. The van der Waals surface area contributed by atoms with Crippen LogP contribution in [-0.4, -0.2) is 39.1 Å². The number of aryl methyl sites for hydroxylation is 1. The fourth-order valence-corrected chi connectivity index (χ4v) is 4.30. The molecule has 1 heterocycles. The number of hydrogen-bond donors (Lipinski definition) is 1. The molecule has 2 unspecified atom stereocenters. The van der Waals surface area contributed by atoms with E-state index < -0.39 is 12.0 Å². The molecule has 5 heteroatoms. The minimum absolute atomic E-state index is 0.0307. The number of carbonyl (C=O) groups excluding carboxylic acids is 1. The van der Waals surface area contributed by atoms with Crippen molar-refractivity contribution >= 4 is 23.6 Å². The molecule has 106 valence electrons. The minimum atomic E-state index is -0.900. The number of hydrogen-bond acceptors (Lipinski definition) is 3. The highest BCUT2D eigenvalue weighted by molar-refractivity contribution is 8.00. The highest BCUT2D eigenvalue weighted by Gasteiger charge is 2.48. The van der Waals surface area contributed by atoms with Crippen molar-refractivity contribution in [2.24, 2.45) is 5.92 Å². The summed E-state index contributed by atoms with van der Waals surface area (Å²) in [6.45, 7) is 1.89. The van der Waals surface area contributed by atoms with Crippen LogP contribution in [-0.2, 0) is 4.79 Å². The maximum absolute atomic E-state index is 12.8. The van der Waals surface area contributed by atoms with Gasteiger partial charge >= 0.3 is 5.97 Å². The van der Waals surface area contributed by atoms with Crippen LogP contribution in [0.2, 0.25) is 0 Å². The molecule has 1 aromatic rings. The van der Waals surface area contributed by atoms with Crippen LogP contribution < -0.4 is 0 Å². The molecule has 0 spiro atoms. The van der Waals surface area contributed by atoms with Crippen molar-refractivity contribution in [3.05, 3.63) is 35.4 Å². The number of nitrogens with zero attached hydrogens (tertiary/aromatic N) is 1. The number of thioether (sulfide) groups is 1. The first-order valence-corrected chi connectivity index (χ1v) is 7.87. The Labute approximate surface area is 122 Å². The molecule has 4 nitrogen and oxygen atoms in total. The smallest absolute Gasteiger partial charge is 0.327 e. The summed E-state index contributed by atoms with van der Waals surface area (Å²) in [6.07, 6.45) is 2.20. The fourth-order valence-electron chi connectivity index (χ4n) is 2.67. The van der Waals surface area contributed by atoms with Gasteiger partial charge in [0.05, 0.1) is 5.37 Å². The van der Waals surface area contributed by atoms with Crippen molar-refractivity contribution in [1.82, 2.24) is 4.90 Å². The summed E-state index contributed by atoms with van der Waals surface area (Å²) < 4.78 is 0. The Morgan fingerprint density at radius 2 is 2.00 bits per heavy atom. The average molecular weight is 291 g/mol. The highest BCUT2D eigenvalue weighted by Crippen LogP contribution is 2.46. The molecule has 0 radical (unpaired) electrons. The van der Waals surface area contributed by atoms with Crippen molar-refractivity contribution in [3.63, 3.8) is 0 Å². The Hall–Kier alpha value is -1.49. The molecule has 1 aliphatic heterocycles. The lowest BCUT2D eigenvalue weighted by atomic mass is 10.1. The quantitative estimate of drug-likeness (QED) is 0.929. The number of amides is 1. The van der Waals surface area contributed by atoms with Gasteiger partial charge in [-0.3, -0.25) is 4.79 Å². The number of carboxylic acids is 1. The molecule has 2 aliphatic rings. The lowest BCUT2D eigenvalue weighted by molar-refractivity contribution is -0.141. The third-order valence-electron chi connectivity index (χ3n) is 3.96.